The fourth-order valence-electron chi connectivity index (χ4n) is 2.53. The molecule has 1 unspecified atom stereocenters. The average molecular weight is 184 g/mol. The van der Waals surface area contributed by atoms with E-state index < -0.39 is 0 Å². The van der Waals surface area contributed by atoms with E-state index in [1.165, 1.54) is 25.7 Å². The molecule has 13 heavy (non-hydrogen) atoms. The molecule has 2 nitrogen and oxygen atoms in total. The van der Waals surface area contributed by atoms with Gasteiger partial charge in [-0.3, -0.25) is 4.90 Å². The van der Waals surface area contributed by atoms with Gasteiger partial charge in [0.25, 0.3) is 0 Å². The van der Waals surface area contributed by atoms with E-state index in [1.807, 2.05) is 0 Å². The fraction of sp³-hybridized carbons (Fsp3) is 1.00. The van der Waals surface area contributed by atoms with Gasteiger partial charge in [0.15, 0.2) is 0 Å². The van der Waals surface area contributed by atoms with E-state index in [9.17, 15) is 0 Å². The van der Waals surface area contributed by atoms with Crippen LogP contribution in [0.2, 0.25) is 0 Å². The quantitative estimate of drug-likeness (QED) is 0.708. The topological polar surface area (TPSA) is 29.3 Å². The van der Waals surface area contributed by atoms with E-state index in [0.717, 1.165) is 13.1 Å². The minimum atomic E-state index is 0.365. The van der Waals surface area contributed by atoms with Crippen LogP contribution in [0.5, 0.6) is 0 Å². The molecule has 1 fully saturated rings. The van der Waals surface area contributed by atoms with Crippen LogP contribution in [0.25, 0.3) is 0 Å². The molecule has 1 atom stereocenters. The first-order valence-corrected chi connectivity index (χ1v) is 5.67. The highest BCUT2D eigenvalue weighted by molar-refractivity contribution is 4.99. The van der Waals surface area contributed by atoms with Crippen molar-refractivity contribution in [3.05, 3.63) is 0 Å². The van der Waals surface area contributed by atoms with Crippen molar-refractivity contribution in [2.75, 3.05) is 13.1 Å². The molecule has 0 amide bonds. The first-order valence-electron chi connectivity index (χ1n) is 5.67. The molecule has 78 valence electrons. The summed E-state index contributed by atoms with van der Waals surface area (Å²) in [5, 5.41) is 0. The number of hydrogen-bond donors (Lipinski definition) is 1. The molecule has 1 rings (SSSR count). The van der Waals surface area contributed by atoms with Crippen LogP contribution in [0.3, 0.4) is 0 Å². The van der Waals surface area contributed by atoms with Gasteiger partial charge >= 0.3 is 0 Å². The molecule has 1 aliphatic carbocycles. The van der Waals surface area contributed by atoms with E-state index in [4.69, 9.17) is 5.73 Å². The Kier molecular flexibility index (Phi) is 3.74. The Morgan fingerprint density at radius 1 is 1.38 bits per heavy atom. The van der Waals surface area contributed by atoms with Crippen molar-refractivity contribution in [3.8, 4) is 0 Å². The van der Waals surface area contributed by atoms with Crippen molar-refractivity contribution in [1.82, 2.24) is 4.90 Å². The highest BCUT2D eigenvalue weighted by Gasteiger charge is 2.41. The summed E-state index contributed by atoms with van der Waals surface area (Å²) >= 11 is 0. The minimum absolute atomic E-state index is 0.365. The molecule has 0 radical (unpaired) electrons. The van der Waals surface area contributed by atoms with Gasteiger partial charge in [0.1, 0.15) is 0 Å². The Morgan fingerprint density at radius 3 is 2.23 bits per heavy atom. The van der Waals surface area contributed by atoms with E-state index >= 15 is 0 Å². The Labute approximate surface area is 82.5 Å². The van der Waals surface area contributed by atoms with Crippen LogP contribution in [0.1, 0.15) is 46.5 Å². The molecule has 0 aromatic heterocycles. The number of hydrogen-bond acceptors (Lipinski definition) is 2. The summed E-state index contributed by atoms with van der Waals surface area (Å²) in [5.74, 6) is 0. The van der Waals surface area contributed by atoms with Crippen molar-refractivity contribution in [1.29, 1.82) is 0 Å². The van der Waals surface area contributed by atoms with Crippen LogP contribution >= 0.6 is 0 Å². The number of likely N-dealkylation sites (N-methyl/N-ethyl adjacent to an activating group) is 1. The zero-order chi connectivity index (χ0) is 9.90. The average Bonchev–Trinajstić information content (AvgIpc) is 2.10. The predicted octanol–water partition coefficient (Wildman–Crippen LogP) is 1.99. The van der Waals surface area contributed by atoms with E-state index in [2.05, 4.69) is 25.7 Å². The van der Waals surface area contributed by atoms with Gasteiger partial charge in [0.05, 0.1) is 0 Å². The number of nitrogens with two attached hydrogens (primary N) is 1. The summed E-state index contributed by atoms with van der Waals surface area (Å²) in [6.45, 7) is 8.81. The molecular formula is C11H24N2. The Bertz CT molecular complexity index is 147. The fourth-order valence-corrected chi connectivity index (χ4v) is 2.53. The van der Waals surface area contributed by atoms with Crippen molar-refractivity contribution in [2.24, 2.45) is 5.73 Å². The lowest BCUT2D eigenvalue weighted by Crippen LogP contribution is -2.60. The predicted molar refractivity (Wildman–Crippen MR) is 57.8 cm³/mol. The van der Waals surface area contributed by atoms with E-state index in [1.54, 1.807) is 0 Å². The van der Waals surface area contributed by atoms with Gasteiger partial charge in [-0.2, -0.15) is 0 Å². The maximum absolute atomic E-state index is 5.90. The van der Waals surface area contributed by atoms with E-state index in [0.29, 0.717) is 11.6 Å². The standard InChI is InChI=1S/C11H24N2/c1-4-10(3)13(5-2)11(9-12)7-6-8-11/h10H,4-9,12H2,1-3H3. The first kappa shape index (κ1) is 11.0. The van der Waals surface area contributed by atoms with E-state index in [-0.39, 0.29) is 0 Å². The van der Waals surface area contributed by atoms with Crippen LogP contribution in [0.4, 0.5) is 0 Å². The second-order valence-electron chi connectivity index (χ2n) is 4.33. The Hall–Kier alpha value is -0.0800. The highest BCUT2D eigenvalue weighted by Crippen LogP contribution is 2.38. The summed E-state index contributed by atoms with van der Waals surface area (Å²) in [7, 11) is 0. The molecule has 2 N–H and O–H groups in total. The van der Waals surface area contributed by atoms with Crippen molar-refractivity contribution in [3.63, 3.8) is 0 Å². The lowest BCUT2D eigenvalue weighted by atomic mass is 9.74. The summed E-state index contributed by atoms with van der Waals surface area (Å²) < 4.78 is 0. The second kappa shape index (κ2) is 4.43. The summed E-state index contributed by atoms with van der Waals surface area (Å²) in [6.07, 6.45) is 5.21. The smallest absolute Gasteiger partial charge is 0.0334 e. The monoisotopic (exact) mass is 184 g/mol. The molecule has 0 bridgehead atoms. The molecule has 0 heterocycles. The third-order valence-electron chi connectivity index (χ3n) is 3.74. The van der Waals surface area contributed by atoms with Crippen LogP contribution in [0.15, 0.2) is 0 Å². The summed E-state index contributed by atoms with van der Waals surface area (Å²) in [5.41, 5.74) is 6.26. The highest BCUT2D eigenvalue weighted by atomic mass is 15.2. The molecule has 0 aliphatic heterocycles. The van der Waals surface area contributed by atoms with Gasteiger partial charge < -0.3 is 5.73 Å². The largest absolute Gasteiger partial charge is 0.329 e. The number of nitrogens with zero attached hydrogens (tertiary/aromatic N) is 1. The SMILES string of the molecule is CCC(C)N(CC)C1(CN)CCC1. The van der Waals surface area contributed by atoms with Crippen LogP contribution in [-0.2, 0) is 0 Å². The van der Waals surface area contributed by atoms with Crippen molar-refractivity contribution >= 4 is 0 Å². The molecule has 0 saturated heterocycles. The zero-order valence-electron chi connectivity index (χ0n) is 9.34. The van der Waals surface area contributed by atoms with Crippen LogP contribution in [0, 0.1) is 0 Å². The third-order valence-corrected chi connectivity index (χ3v) is 3.74. The van der Waals surface area contributed by atoms with Gasteiger partial charge in [0.2, 0.25) is 0 Å². The molecule has 2 heteroatoms. The maximum atomic E-state index is 5.90. The molecule has 0 aromatic carbocycles. The van der Waals surface area contributed by atoms with Gasteiger partial charge in [0, 0.05) is 18.1 Å². The third kappa shape index (κ3) is 1.89. The molecule has 1 saturated carbocycles. The zero-order valence-corrected chi connectivity index (χ0v) is 9.34. The lowest BCUT2D eigenvalue weighted by Gasteiger charge is -2.52. The van der Waals surface area contributed by atoms with Crippen LogP contribution in [-0.4, -0.2) is 29.6 Å². The van der Waals surface area contributed by atoms with Crippen molar-refractivity contribution < 1.29 is 0 Å². The van der Waals surface area contributed by atoms with Gasteiger partial charge in [-0.1, -0.05) is 13.8 Å². The van der Waals surface area contributed by atoms with Gasteiger partial charge in [-0.15, -0.1) is 0 Å². The maximum Gasteiger partial charge on any atom is 0.0334 e. The minimum Gasteiger partial charge on any atom is -0.329 e. The normalized spacial score (nSPS) is 22.8. The molecule has 1 aliphatic rings. The second-order valence-corrected chi connectivity index (χ2v) is 4.33. The lowest BCUT2D eigenvalue weighted by molar-refractivity contribution is -0.00275. The van der Waals surface area contributed by atoms with Gasteiger partial charge in [-0.05, 0) is 39.2 Å². The number of rotatable bonds is 5. The first-order chi connectivity index (χ1) is 6.20. The summed E-state index contributed by atoms with van der Waals surface area (Å²) in [4.78, 5) is 2.61. The molecular weight excluding hydrogens is 160 g/mol. The summed E-state index contributed by atoms with van der Waals surface area (Å²) in [6, 6.07) is 0.689. The molecule has 0 aromatic rings. The van der Waals surface area contributed by atoms with Crippen molar-refractivity contribution in [2.45, 2.75) is 58.0 Å². The molecule has 0 spiro atoms. The Morgan fingerprint density at radius 2 is 2.00 bits per heavy atom. The van der Waals surface area contributed by atoms with Gasteiger partial charge in [-0.25, -0.2) is 0 Å². The Balaban J connectivity index is 2.63. The van der Waals surface area contributed by atoms with Crippen LogP contribution < -0.4 is 5.73 Å².